The molecule has 8 heteroatoms. The summed E-state index contributed by atoms with van der Waals surface area (Å²) in [6.45, 7) is 9.79. The molecule has 0 aromatic heterocycles. The molecule has 1 aromatic carbocycles. The first-order chi connectivity index (χ1) is 14.5. The van der Waals surface area contributed by atoms with Crippen LogP contribution in [0.25, 0.3) is 0 Å². The number of amides is 1. The van der Waals surface area contributed by atoms with Gasteiger partial charge in [0, 0.05) is 57.2 Å². The van der Waals surface area contributed by atoms with Gasteiger partial charge in [0.15, 0.2) is 5.96 Å². The minimum atomic E-state index is 0. The summed E-state index contributed by atoms with van der Waals surface area (Å²) >= 11 is 0. The molecule has 0 bridgehead atoms. The van der Waals surface area contributed by atoms with Gasteiger partial charge in [-0.3, -0.25) is 9.79 Å². The molecule has 2 aliphatic heterocycles. The summed E-state index contributed by atoms with van der Waals surface area (Å²) in [7, 11) is 1.74. The van der Waals surface area contributed by atoms with Gasteiger partial charge in [-0.1, -0.05) is 6.92 Å². The Bertz CT molecular complexity index is 771. The number of rotatable bonds is 7. The van der Waals surface area contributed by atoms with Crippen LogP contribution in [0.1, 0.15) is 51.2 Å². The van der Waals surface area contributed by atoms with Crippen LogP contribution in [-0.4, -0.2) is 56.2 Å². The number of likely N-dealkylation sites (tertiary alicyclic amines) is 1. The Morgan fingerprint density at radius 3 is 2.84 bits per heavy atom. The normalized spacial score (nSPS) is 20.4. The predicted octanol–water partition coefficient (Wildman–Crippen LogP) is 3.34. The van der Waals surface area contributed by atoms with Crippen LogP contribution in [0.4, 0.5) is 0 Å². The fourth-order valence-corrected chi connectivity index (χ4v) is 4.17. The molecular weight excluding hydrogens is 507 g/mol. The second-order valence-corrected chi connectivity index (χ2v) is 8.32. The highest BCUT2D eigenvalue weighted by Crippen LogP contribution is 2.35. The van der Waals surface area contributed by atoms with E-state index in [2.05, 4.69) is 41.6 Å². The van der Waals surface area contributed by atoms with Crippen molar-refractivity contribution < 1.29 is 14.3 Å². The molecule has 2 aliphatic rings. The average Bonchev–Trinajstić information content (AvgIpc) is 3.09. The van der Waals surface area contributed by atoms with Gasteiger partial charge >= 0.3 is 0 Å². The molecule has 2 atom stereocenters. The number of nitrogens with zero attached hydrogens (tertiary/aromatic N) is 2. The van der Waals surface area contributed by atoms with Gasteiger partial charge in [-0.05, 0) is 44.7 Å². The van der Waals surface area contributed by atoms with Gasteiger partial charge in [-0.25, -0.2) is 0 Å². The van der Waals surface area contributed by atoms with Gasteiger partial charge in [0.2, 0.25) is 5.91 Å². The number of hydrogen-bond donors (Lipinski definition) is 2. The van der Waals surface area contributed by atoms with Gasteiger partial charge in [-0.2, -0.15) is 0 Å². The summed E-state index contributed by atoms with van der Waals surface area (Å²) in [6, 6.07) is 4.15. The zero-order valence-electron chi connectivity index (χ0n) is 19.2. The van der Waals surface area contributed by atoms with Crippen LogP contribution in [0.15, 0.2) is 17.1 Å². The Morgan fingerprint density at radius 1 is 1.32 bits per heavy atom. The Hall–Kier alpha value is -1.71. The van der Waals surface area contributed by atoms with Crippen LogP contribution < -0.4 is 20.1 Å². The summed E-state index contributed by atoms with van der Waals surface area (Å²) in [4.78, 5) is 18.7. The fourth-order valence-electron chi connectivity index (χ4n) is 4.17. The summed E-state index contributed by atoms with van der Waals surface area (Å²) in [5, 5.41) is 6.58. The van der Waals surface area contributed by atoms with Crippen molar-refractivity contribution in [2.45, 2.75) is 59.1 Å². The molecule has 1 saturated heterocycles. The molecule has 0 saturated carbocycles. The molecule has 3 rings (SSSR count). The number of nitrogens with one attached hydrogen (secondary N) is 2. The maximum Gasteiger partial charge on any atom is 0.224 e. The van der Waals surface area contributed by atoms with E-state index in [0.717, 1.165) is 43.0 Å². The number of halogens is 1. The van der Waals surface area contributed by atoms with E-state index < -0.39 is 0 Å². The molecule has 2 unspecified atom stereocenters. The molecule has 7 nitrogen and oxygen atoms in total. The van der Waals surface area contributed by atoms with Crippen LogP contribution in [0.5, 0.6) is 11.5 Å². The Labute approximate surface area is 203 Å². The highest BCUT2D eigenvalue weighted by molar-refractivity contribution is 14.0. The number of guanidine groups is 1. The lowest BCUT2D eigenvalue weighted by Crippen LogP contribution is -2.42. The first-order valence-corrected chi connectivity index (χ1v) is 11.2. The van der Waals surface area contributed by atoms with Crippen LogP contribution >= 0.6 is 24.0 Å². The van der Waals surface area contributed by atoms with E-state index in [1.165, 1.54) is 12.0 Å². The first kappa shape index (κ1) is 25.5. The fraction of sp³-hybridized carbons (Fsp3) is 0.652. The number of ether oxygens (including phenoxy) is 2. The van der Waals surface area contributed by atoms with E-state index in [-0.39, 0.29) is 36.0 Å². The van der Waals surface area contributed by atoms with Gasteiger partial charge in [0.05, 0.1) is 6.61 Å². The second kappa shape index (κ2) is 12.4. The molecule has 1 amide bonds. The number of benzene rings is 1. The third-order valence-corrected chi connectivity index (χ3v) is 5.69. The number of carbonyl (C=O) groups is 1. The topological polar surface area (TPSA) is 75.2 Å². The number of fused-ring (bicyclic) bond motifs is 1. The van der Waals surface area contributed by atoms with Crippen LogP contribution in [0, 0.1) is 5.92 Å². The van der Waals surface area contributed by atoms with Crippen LogP contribution in [-0.2, 0) is 17.8 Å². The van der Waals surface area contributed by atoms with Crippen molar-refractivity contribution in [3.05, 3.63) is 23.3 Å². The van der Waals surface area contributed by atoms with Crippen LogP contribution in [0.3, 0.4) is 0 Å². The van der Waals surface area contributed by atoms with E-state index in [1.54, 1.807) is 7.05 Å². The van der Waals surface area contributed by atoms with Crippen molar-refractivity contribution in [2.75, 3.05) is 33.3 Å². The Kier molecular flexibility index (Phi) is 10.2. The van der Waals surface area contributed by atoms with E-state index >= 15 is 0 Å². The third-order valence-electron chi connectivity index (χ3n) is 5.69. The smallest absolute Gasteiger partial charge is 0.224 e. The molecule has 174 valence electrons. The van der Waals surface area contributed by atoms with E-state index in [9.17, 15) is 4.79 Å². The minimum Gasteiger partial charge on any atom is -0.494 e. The minimum absolute atomic E-state index is 0. The zero-order valence-corrected chi connectivity index (χ0v) is 21.5. The predicted molar refractivity (Wildman–Crippen MR) is 135 cm³/mol. The number of aliphatic imine (C=N–C) groups is 1. The first-order valence-electron chi connectivity index (χ1n) is 11.2. The van der Waals surface area contributed by atoms with Crippen molar-refractivity contribution in [1.29, 1.82) is 0 Å². The molecule has 0 radical (unpaired) electrons. The van der Waals surface area contributed by atoms with E-state index in [4.69, 9.17) is 9.47 Å². The summed E-state index contributed by atoms with van der Waals surface area (Å²) in [6.07, 6.45) is 3.91. The highest BCUT2D eigenvalue weighted by atomic mass is 127. The largest absolute Gasteiger partial charge is 0.494 e. The molecular formula is C23H37IN4O3. The number of hydrogen-bond acceptors (Lipinski definition) is 4. The Balaban J connectivity index is 0.00000341. The van der Waals surface area contributed by atoms with Gasteiger partial charge in [0.1, 0.15) is 17.6 Å². The summed E-state index contributed by atoms with van der Waals surface area (Å²) in [5.41, 5.74) is 2.23. The molecule has 31 heavy (non-hydrogen) atoms. The average molecular weight is 544 g/mol. The standard InChI is InChI=1S/C23H36N4O3.HI/c1-5-29-20-12-18-11-17(3)30-21(18)13-19(20)14-26-23(24-4)25-9-8-22(28)27-10-6-7-16(2)15-27;/h12-13,16-17H,5-11,14-15H2,1-4H3,(H2,24,25,26);1H. The monoisotopic (exact) mass is 544 g/mol. The molecule has 2 heterocycles. The molecule has 0 spiro atoms. The van der Waals surface area contributed by atoms with Crippen LogP contribution in [0.2, 0.25) is 0 Å². The van der Waals surface area contributed by atoms with Gasteiger partial charge in [-0.15, -0.1) is 24.0 Å². The summed E-state index contributed by atoms with van der Waals surface area (Å²) < 4.78 is 11.7. The van der Waals surface area contributed by atoms with Gasteiger partial charge in [0.25, 0.3) is 0 Å². The van der Waals surface area contributed by atoms with E-state index in [1.807, 2.05) is 11.8 Å². The van der Waals surface area contributed by atoms with Crippen molar-refractivity contribution in [1.82, 2.24) is 15.5 Å². The highest BCUT2D eigenvalue weighted by Gasteiger charge is 2.22. The maximum absolute atomic E-state index is 12.4. The third kappa shape index (κ3) is 7.15. The Morgan fingerprint density at radius 2 is 2.13 bits per heavy atom. The molecule has 1 fully saturated rings. The van der Waals surface area contributed by atoms with Crippen molar-refractivity contribution in [3.63, 3.8) is 0 Å². The van der Waals surface area contributed by atoms with Gasteiger partial charge < -0.3 is 25.0 Å². The van der Waals surface area contributed by atoms with Crippen molar-refractivity contribution in [3.8, 4) is 11.5 Å². The number of piperidine rings is 1. The number of carbonyl (C=O) groups excluding carboxylic acids is 1. The lowest BCUT2D eigenvalue weighted by molar-refractivity contribution is -0.132. The van der Waals surface area contributed by atoms with E-state index in [0.29, 0.717) is 38.0 Å². The zero-order chi connectivity index (χ0) is 21.5. The lowest BCUT2D eigenvalue weighted by Gasteiger charge is -2.31. The SMILES string of the molecule is CCOc1cc2c(cc1CNC(=NC)NCCC(=O)N1CCCC(C)C1)OC(C)C2.I. The quantitative estimate of drug-likeness (QED) is 0.313. The van der Waals surface area contributed by atoms with Crippen molar-refractivity contribution in [2.24, 2.45) is 10.9 Å². The molecule has 2 N–H and O–H groups in total. The molecule has 0 aliphatic carbocycles. The molecule has 1 aromatic rings. The maximum atomic E-state index is 12.4. The summed E-state index contributed by atoms with van der Waals surface area (Å²) in [5.74, 6) is 3.31. The second-order valence-electron chi connectivity index (χ2n) is 8.32. The lowest BCUT2D eigenvalue weighted by atomic mass is 10.00. The van der Waals surface area contributed by atoms with Crippen molar-refractivity contribution >= 4 is 35.8 Å².